The predicted octanol–water partition coefficient (Wildman–Crippen LogP) is 2.58. The molecule has 1 rings (SSSR count). The van der Waals surface area contributed by atoms with Crippen LogP contribution >= 0.6 is 0 Å². The standard InChI is InChI=1S/C14H19F3N2O/c1-11(2)19(9-12-6-4-3-5-7-12)13(20)8-18-10-14(15,16)17/h3-7,11,18H,8-10H2,1-2H3. The molecule has 0 fully saturated rings. The summed E-state index contributed by atoms with van der Waals surface area (Å²) in [5, 5.41) is 2.13. The van der Waals surface area contributed by atoms with Gasteiger partial charge in [-0.15, -0.1) is 0 Å². The van der Waals surface area contributed by atoms with Crippen LogP contribution in [0.2, 0.25) is 0 Å². The highest BCUT2D eigenvalue weighted by Crippen LogP contribution is 2.12. The maximum atomic E-state index is 12.0. The highest BCUT2D eigenvalue weighted by molar-refractivity contribution is 5.78. The second-order valence-corrected chi connectivity index (χ2v) is 4.82. The second kappa shape index (κ2) is 7.28. The average molecular weight is 288 g/mol. The smallest absolute Gasteiger partial charge is 0.335 e. The summed E-state index contributed by atoms with van der Waals surface area (Å²) in [6.45, 7) is 2.60. The Hall–Kier alpha value is -1.56. The summed E-state index contributed by atoms with van der Waals surface area (Å²) in [5.41, 5.74) is 0.949. The fraction of sp³-hybridized carbons (Fsp3) is 0.500. The lowest BCUT2D eigenvalue weighted by atomic mass is 10.2. The molecule has 112 valence electrons. The SMILES string of the molecule is CC(C)N(Cc1ccccc1)C(=O)CNCC(F)(F)F. The Morgan fingerprint density at radius 1 is 1.25 bits per heavy atom. The summed E-state index contributed by atoms with van der Waals surface area (Å²) < 4.78 is 36.1. The number of alkyl halides is 3. The number of halogens is 3. The molecule has 6 heteroatoms. The Balaban J connectivity index is 2.55. The van der Waals surface area contributed by atoms with Crippen LogP contribution in [0.4, 0.5) is 13.2 Å². The average Bonchev–Trinajstić information content (AvgIpc) is 2.35. The van der Waals surface area contributed by atoms with Crippen LogP contribution in [0.1, 0.15) is 19.4 Å². The van der Waals surface area contributed by atoms with Gasteiger partial charge in [-0.2, -0.15) is 13.2 Å². The summed E-state index contributed by atoms with van der Waals surface area (Å²) >= 11 is 0. The van der Waals surface area contributed by atoms with E-state index in [2.05, 4.69) is 5.32 Å². The van der Waals surface area contributed by atoms with Gasteiger partial charge in [0.1, 0.15) is 0 Å². The number of carbonyl (C=O) groups excluding carboxylic acids is 1. The predicted molar refractivity (Wildman–Crippen MR) is 71.1 cm³/mol. The van der Waals surface area contributed by atoms with Gasteiger partial charge in [0.05, 0.1) is 13.1 Å². The molecule has 0 aromatic heterocycles. The Kier molecular flexibility index (Phi) is 6.01. The van der Waals surface area contributed by atoms with Crippen LogP contribution in [0.25, 0.3) is 0 Å². The molecule has 0 bridgehead atoms. The van der Waals surface area contributed by atoms with Crippen LogP contribution in [0.3, 0.4) is 0 Å². The number of carbonyl (C=O) groups is 1. The van der Waals surface area contributed by atoms with E-state index in [4.69, 9.17) is 0 Å². The van der Waals surface area contributed by atoms with Crippen molar-refractivity contribution in [2.24, 2.45) is 0 Å². The maximum Gasteiger partial charge on any atom is 0.401 e. The minimum atomic E-state index is -4.30. The van der Waals surface area contributed by atoms with Gasteiger partial charge in [0.2, 0.25) is 5.91 Å². The van der Waals surface area contributed by atoms with Crippen LogP contribution in [0.15, 0.2) is 30.3 Å². The number of nitrogens with zero attached hydrogens (tertiary/aromatic N) is 1. The van der Waals surface area contributed by atoms with Crippen molar-refractivity contribution in [3.05, 3.63) is 35.9 Å². The molecule has 0 aliphatic rings. The molecule has 0 aliphatic heterocycles. The van der Waals surface area contributed by atoms with E-state index in [1.807, 2.05) is 44.2 Å². The first-order valence-electron chi connectivity index (χ1n) is 6.40. The topological polar surface area (TPSA) is 32.3 Å². The highest BCUT2D eigenvalue weighted by Gasteiger charge is 2.27. The molecule has 1 aromatic carbocycles. The summed E-state index contributed by atoms with van der Waals surface area (Å²) in [4.78, 5) is 13.5. The molecule has 1 N–H and O–H groups in total. The van der Waals surface area contributed by atoms with Crippen molar-refractivity contribution in [3.8, 4) is 0 Å². The van der Waals surface area contributed by atoms with Gasteiger partial charge in [-0.05, 0) is 19.4 Å². The van der Waals surface area contributed by atoms with Gasteiger partial charge < -0.3 is 10.2 Å². The van der Waals surface area contributed by atoms with Crippen LogP contribution < -0.4 is 5.32 Å². The first kappa shape index (κ1) is 16.5. The lowest BCUT2D eigenvalue weighted by Gasteiger charge is -2.27. The number of hydrogen-bond donors (Lipinski definition) is 1. The number of hydrogen-bond acceptors (Lipinski definition) is 2. The Labute approximate surface area is 116 Å². The zero-order chi connectivity index (χ0) is 15.2. The molecule has 0 saturated carbocycles. The van der Waals surface area contributed by atoms with Crippen molar-refractivity contribution in [3.63, 3.8) is 0 Å². The first-order chi connectivity index (χ1) is 9.29. The second-order valence-electron chi connectivity index (χ2n) is 4.82. The fourth-order valence-corrected chi connectivity index (χ4v) is 1.75. The van der Waals surface area contributed by atoms with Crippen molar-refractivity contribution >= 4 is 5.91 Å². The zero-order valence-electron chi connectivity index (χ0n) is 11.6. The van der Waals surface area contributed by atoms with Crippen LogP contribution in [0.5, 0.6) is 0 Å². The van der Waals surface area contributed by atoms with Crippen molar-refractivity contribution in [1.82, 2.24) is 10.2 Å². The summed E-state index contributed by atoms with van der Waals surface area (Å²) in [5.74, 6) is -0.340. The molecule has 0 radical (unpaired) electrons. The van der Waals surface area contributed by atoms with Crippen molar-refractivity contribution in [2.45, 2.75) is 32.6 Å². The third-order valence-electron chi connectivity index (χ3n) is 2.74. The fourth-order valence-electron chi connectivity index (χ4n) is 1.75. The number of nitrogens with one attached hydrogen (secondary N) is 1. The van der Waals surface area contributed by atoms with Gasteiger partial charge in [0.15, 0.2) is 0 Å². The molecule has 20 heavy (non-hydrogen) atoms. The quantitative estimate of drug-likeness (QED) is 0.872. The van der Waals surface area contributed by atoms with Gasteiger partial charge >= 0.3 is 6.18 Å². The molecule has 0 atom stereocenters. The minimum absolute atomic E-state index is 0.0737. The van der Waals surface area contributed by atoms with Crippen LogP contribution in [-0.4, -0.2) is 36.1 Å². The summed E-state index contributed by atoms with van der Waals surface area (Å²) in [6, 6.07) is 9.28. The Morgan fingerprint density at radius 3 is 2.35 bits per heavy atom. The van der Waals surface area contributed by atoms with Gasteiger partial charge in [-0.3, -0.25) is 4.79 Å². The largest absolute Gasteiger partial charge is 0.401 e. The van der Waals surface area contributed by atoms with E-state index in [0.717, 1.165) is 5.56 Å². The highest BCUT2D eigenvalue weighted by atomic mass is 19.4. The van der Waals surface area contributed by atoms with Gasteiger partial charge in [0, 0.05) is 12.6 Å². The molecular weight excluding hydrogens is 269 g/mol. The van der Waals surface area contributed by atoms with Crippen LogP contribution in [-0.2, 0) is 11.3 Å². The maximum absolute atomic E-state index is 12.0. The minimum Gasteiger partial charge on any atom is -0.335 e. The molecule has 0 heterocycles. The number of amides is 1. The van der Waals surface area contributed by atoms with E-state index in [1.54, 1.807) is 4.90 Å². The zero-order valence-corrected chi connectivity index (χ0v) is 11.6. The third kappa shape index (κ3) is 6.06. The van der Waals surface area contributed by atoms with Gasteiger partial charge in [-0.1, -0.05) is 30.3 Å². The van der Waals surface area contributed by atoms with Crippen LogP contribution in [0, 0.1) is 0 Å². The van der Waals surface area contributed by atoms with Crippen molar-refractivity contribution in [1.29, 1.82) is 0 Å². The van der Waals surface area contributed by atoms with E-state index in [1.165, 1.54) is 0 Å². The molecule has 1 aromatic rings. The molecule has 3 nitrogen and oxygen atoms in total. The van der Waals surface area contributed by atoms with E-state index in [9.17, 15) is 18.0 Å². The first-order valence-corrected chi connectivity index (χ1v) is 6.40. The third-order valence-corrected chi connectivity index (χ3v) is 2.74. The van der Waals surface area contributed by atoms with E-state index in [-0.39, 0.29) is 18.5 Å². The molecule has 0 aliphatic carbocycles. The van der Waals surface area contributed by atoms with Gasteiger partial charge in [0.25, 0.3) is 0 Å². The molecule has 1 amide bonds. The molecule has 0 unspecified atom stereocenters. The van der Waals surface area contributed by atoms with Crippen molar-refractivity contribution in [2.75, 3.05) is 13.1 Å². The van der Waals surface area contributed by atoms with E-state index < -0.39 is 12.7 Å². The lowest BCUT2D eigenvalue weighted by molar-refractivity contribution is -0.136. The van der Waals surface area contributed by atoms with Gasteiger partial charge in [-0.25, -0.2) is 0 Å². The molecule has 0 spiro atoms. The summed E-state index contributed by atoms with van der Waals surface area (Å²) in [6.07, 6.45) is -4.30. The Bertz CT molecular complexity index is 418. The normalized spacial score (nSPS) is 11.7. The van der Waals surface area contributed by atoms with E-state index in [0.29, 0.717) is 6.54 Å². The molecule has 0 saturated heterocycles. The summed E-state index contributed by atoms with van der Waals surface area (Å²) in [7, 11) is 0. The molecular formula is C14H19F3N2O. The Morgan fingerprint density at radius 2 is 1.85 bits per heavy atom. The number of benzene rings is 1. The lowest BCUT2D eigenvalue weighted by Crippen LogP contribution is -2.43. The number of rotatable bonds is 6. The van der Waals surface area contributed by atoms with Crippen molar-refractivity contribution < 1.29 is 18.0 Å². The van der Waals surface area contributed by atoms with E-state index >= 15 is 0 Å². The monoisotopic (exact) mass is 288 g/mol.